The first-order valence-corrected chi connectivity index (χ1v) is 15.1. The van der Waals surface area contributed by atoms with Crippen LogP contribution in [0, 0.1) is 0 Å². The van der Waals surface area contributed by atoms with Gasteiger partial charge in [0.1, 0.15) is 17.5 Å². The van der Waals surface area contributed by atoms with Gasteiger partial charge in [-0.25, -0.2) is 4.79 Å². The first-order chi connectivity index (χ1) is 16.5. The van der Waals surface area contributed by atoms with Crippen molar-refractivity contribution in [2.45, 2.75) is 51.0 Å². The summed E-state index contributed by atoms with van der Waals surface area (Å²) in [6.07, 6.45) is -0.793. The molecule has 184 valence electrons. The molecule has 0 spiro atoms. The number of rotatable bonds is 7. The highest BCUT2D eigenvalue weighted by molar-refractivity contribution is 6.74. The van der Waals surface area contributed by atoms with E-state index in [0.29, 0.717) is 23.1 Å². The third-order valence-electron chi connectivity index (χ3n) is 6.80. The molecule has 5 nitrogen and oxygen atoms in total. The smallest absolute Gasteiger partial charge is 0.415 e. The number of benzene rings is 3. The Kier molecular flexibility index (Phi) is 7.26. The summed E-state index contributed by atoms with van der Waals surface area (Å²) in [5, 5.41) is 0.719. The molecule has 35 heavy (non-hydrogen) atoms. The maximum Gasteiger partial charge on any atom is 0.415 e. The van der Waals surface area contributed by atoms with E-state index in [2.05, 4.69) is 33.9 Å². The Morgan fingerprint density at radius 1 is 0.914 bits per heavy atom. The molecule has 0 unspecified atom stereocenters. The van der Waals surface area contributed by atoms with Gasteiger partial charge in [-0.1, -0.05) is 62.7 Å². The highest BCUT2D eigenvalue weighted by atomic mass is 35.5. The lowest BCUT2D eigenvalue weighted by atomic mass is 10.0. The second-order valence-electron chi connectivity index (χ2n) is 10.3. The van der Waals surface area contributed by atoms with Crippen molar-refractivity contribution in [1.82, 2.24) is 0 Å². The van der Waals surface area contributed by atoms with Crippen LogP contribution in [0.25, 0.3) is 0 Å². The summed E-state index contributed by atoms with van der Waals surface area (Å²) in [7, 11) is -2.01. The minimum Gasteiger partial charge on any atom is -0.457 e. The van der Waals surface area contributed by atoms with Crippen LogP contribution in [0.5, 0.6) is 11.5 Å². The van der Waals surface area contributed by atoms with Gasteiger partial charge in [0.2, 0.25) is 0 Å². The average Bonchev–Trinajstić information content (AvgIpc) is 3.15. The van der Waals surface area contributed by atoms with Gasteiger partial charge >= 0.3 is 6.09 Å². The number of carbonyl (C=O) groups is 1. The zero-order chi connectivity index (χ0) is 25.2. The topological polar surface area (TPSA) is 48.0 Å². The molecule has 0 bridgehead atoms. The van der Waals surface area contributed by atoms with Gasteiger partial charge in [0.05, 0.1) is 6.61 Å². The van der Waals surface area contributed by atoms with Crippen LogP contribution >= 0.6 is 11.6 Å². The number of nitrogens with zero attached hydrogens (tertiary/aromatic N) is 1. The Morgan fingerprint density at radius 2 is 1.49 bits per heavy atom. The normalized spacial score (nSPS) is 18.5. The van der Waals surface area contributed by atoms with Gasteiger partial charge < -0.3 is 13.9 Å². The third kappa shape index (κ3) is 5.72. The van der Waals surface area contributed by atoms with Crippen molar-refractivity contribution in [3.05, 3.63) is 89.4 Å². The molecule has 4 rings (SSSR count). The average molecular weight is 510 g/mol. The van der Waals surface area contributed by atoms with E-state index in [9.17, 15) is 4.79 Å². The van der Waals surface area contributed by atoms with E-state index >= 15 is 0 Å². The van der Waals surface area contributed by atoms with Crippen LogP contribution in [-0.2, 0) is 9.16 Å². The SMILES string of the molecule is CC(C)(C)[Si](C)(C)OC[C@@H]1OC(=O)N(c2ccc(Oc3ccc(Cl)cc3)cc2)[C@H]1c1ccccc1. The van der Waals surface area contributed by atoms with Gasteiger partial charge in [-0.2, -0.15) is 0 Å². The van der Waals surface area contributed by atoms with Crippen LogP contribution in [0.3, 0.4) is 0 Å². The molecule has 1 aliphatic rings. The van der Waals surface area contributed by atoms with E-state index in [-0.39, 0.29) is 17.2 Å². The molecule has 3 aromatic rings. The summed E-state index contributed by atoms with van der Waals surface area (Å²) < 4.78 is 18.3. The fourth-order valence-corrected chi connectivity index (χ4v) is 4.90. The minimum atomic E-state index is -2.01. The van der Waals surface area contributed by atoms with Gasteiger partial charge in [-0.3, -0.25) is 4.90 Å². The summed E-state index contributed by atoms with van der Waals surface area (Å²) in [6.45, 7) is 11.4. The van der Waals surface area contributed by atoms with E-state index in [1.54, 1.807) is 17.0 Å². The van der Waals surface area contributed by atoms with E-state index in [1.165, 1.54) is 0 Å². The van der Waals surface area contributed by atoms with Gasteiger partial charge in [0.15, 0.2) is 14.4 Å². The van der Waals surface area contributed by atoms with Crippen molar-refractivity contribution >= 4 is 31.7 Å². The number of cyclic esters (lactones) is 1. The quantitative estimate of drug-likeness (QED) is 0.301. The standard InChI is InChI=1S/C28H32ClNO4Si/c1-28(2,3)35(4,5)32-19-25-26(20-9-7-6-8-10-20)30(27(31)34-25)22-13-17-24(18-14-22)33-23-15-11-21(29)12-16-23/h6-18,25-26H,19H2,1-5H3/t25-,26-/m0/s1. The molecule has 1 heterocycles. The van der Waals surface area contributed by atoms with Gasteiger partial charge in [0.25, 0.3) is 0 Å². The number of carbonyl (C=O) groups excluding carboxylic acids is 1. The lowest BCUT2D eigenvalue weighted by Gasteiger charge is -2.37. The minimum absolute atomic E-state index is 0.0669. The Morgan fingerprint density at radius 3 is 2.06 bits per heavy atom. The molecular formula is C28H32ClNO4Si. The summed E-state index contributed by atoms with van der Waals surface area (Å²) in [5.41, 5.74) is 1.74. The van der Waals surface area contributed by atoms with Crippen molar-refractivity contribution in [1.29, 1.82) is 0 Å². The predicted octanol–water partition coefficient (Wildman–Crippen LogP) is 8.22. The molecule has 1 amide bonds. The van der Waals surface area contributed by atoms with Gasteiger partial charge in [-0.05, 0) is 72.2 Å². The lowest BCUT2D eigenvalue weighted by Crippen LogP contribution is -2.43. The molecular weight excluding hydrogens is 478 g/mol. The Bertz CT molecular complexity index is 1140. The van der Waals surface area contributed by atoms with Crippen LogP contribution in [-0.4, -0.2) is 27.1 Å². The highest BCUT2D eigenvalue weighted by Gasteiger charge is 2.46. The Balaban J connectivity index is 1.58. The number of halogens is 1. The Hall–Kier alpha value is -2.80. The molecule has 0 saturated carbocycles. The molecule has 0 aliphatic carbocycles. The third-order valence-corrected chi connectivity index (χ3v) is 11.6. The van der Waals surface area contributed by atoms with Gasteiger partial charge in [-0.15, -0.1) is 0 Å². The van der Waals surface area contributed by atoms with Crippen LogP contribution in [0.4, 0.5) is 10.5 Å². The molecule has 1 aliphatic heterocycles. The van der Waals surface area contributed by atoms with Crippen LogP contribution in [0.15, 0.2) is 78.9 Å². The zero-order valence-electron chi connectivity index (χ0n) is 20.8. The highest BCUT2D eigenvalue weighted by Crippen LogP contribution is 2.41. The van der Waals surface area contributed by atoms with Crippen molar-refractivity contribution in [2.24, 2.45) is 0 Å². The number of anilines is 1. The van der Waals surface area contributed by atoms with Crippen LogP contribution in [0.1, 0.15) is 32.4 Å². The summed E-state index contributed by atoms with van der Waals surface area (Å²) in [6, 6.07) is 24.3. The largest absolute Gasteiger partial charge is 0.457 e. The van der Waals surface area contributed by atoms with E-state index in [4.69, 9.17) is 25.5 Å². The molecule has 1 fully saturated rings. The first-order valence-electron chi connectivity index (χ1n) is 11.8. The van der Waals surface area contributed by atoms with Crippen molar-refractivity contribution < 1.29 is 18.7 Å². The number of hydrogen-bond donors (Lipinski definition) is 0. The molecule has 2 atom stereocenters. The molecule has 0 radical (unpaired) electrons. The van der Waals surface area contributed by atoms with E-state index in [1.807, 2.05) is 66.7 Å². The molecule has 3 aromatic carbocycles. The summed E-state index contributed by atoms with van der Waals surface area (Å²) in [5.74, 6) is 1.35. The zero-order valence-corrected chi connectivity index (χ0v) is 22.6. The fraction of sp³-hybridized carbons (Fsp3) is 0.321. The molecule has 7 heteroatoms. The van der Waals surface area contributed by atoms with Gasteiger partial charge in [0, 0.05) is 10.7 Å². The number of hydrogen-bond acceptors (Lipinski definition) is 4. The predicted molar refractivity (Wildman–Crippen MR) is 143 cm³/mol. The van der Waals surface area contributed by atoms with Crippen molar-refractivity contribution in [2.75, 3.05) is 11.5 Å². The van der Waals surface area contributed by atoms with Crippen LogP contribution in [0.2, 0.25) is 23.2 Å². The molecule has 1 saturated heterocycles. The van der Waals surface area contributed by atoms with Crippen molar-refractivity contribution in [3.63, 3.8) is 0 Å². The molecule has 0 N–H and O–H groups in total. The second kappa shape index (κ2) is 10.1. The maximum absolute atomic E-state index is 13.1. The van der Waals surface area contributed by atoms with Crippen molar-refractivity contribution in [3.8, 4) is 11.5 Å². The molecule has 0 aromatic heterocycles. The Labute approximate surface area is 213 Å². The number of ether oxygens (including phenoxy) is 2. The number of amides is 1. The first kappa shape index (κ1) is 25.3. The summed E-state index contributed by atoms with van der Waals surface area (Å²) in [4.78, 5) is 14.8. The second-order valence-corrected chi connectivity index (χ2v) is 15.5. The monoisotopic (exact) mass is 509 g/mol. The lowest BCUT2D eigenvalue weighted by molar-refractivity contribution is 0.0866. The maximum atomic E-state index is 13.1. The summed E-state index contributed by atoms with van der Waals surface area (Å²) >= 11 is 5.96. The van der Waals surface area contributed by atoms with Crippen LogP contribution < -0.4 is 9.64 Å². The van der Waals surface area contributed by atoms with E-state index < -0.39 is 14.4 Å². The van der Waals surface area contributed by atoms with E-state index in [0.717, 1.165) is 11.3 Å². The fourth-order valence-electron chi connectivity index (χ4n) is 3.76.